The van der Waals surface area contributed by atoms with Gasteiger partial charge in [-0.25, -0.2) is 13.2 Å². The molecule has 0 aliphatic carbocycles. The van der Waals surface area contributed by atoms with Gasteiger partial charge in [0.05, 0.1) is 0 Å². The second-order valence-electron chi connectivity index (χ2n) is 5.98. The van der Waals surface area contributed by atoms with Crippen molar-refractivity contribution in [3.8, 4) is 0 Å². The minimum atomic E-state index is -3.59. The van der Waals surface area contributed by atoms with Gasteiger partial charge in [-0.05, 0) is 24.5 Å². The van der Waals surface area contributed by atoms with E-state index in [0.29, 0.717) is 37.7 Å². The summed E-state index contributed by atoms with van der Waals surface area (Å²) < 4.78 is 26.8. The Morgan fingerprint density at radius 3 is 2.36 bits per heavy atom. The molecule has 0 atom stereocenters. The van der Waals surface area contributed by atoms with Crippen molar-refractivity contribution < 1.29 is 18.3 Å². The molecule has 1 aromatic rings. The van der Waals surface area contributed by atoms with E-state index in [-0.39, 0.29) is 9.09 Å². The first kappa shape index (κ1) is 17.4. The molecule has 0 amide bonds. The van der Waals surface area contributed by atoms with Crippen LogP contribution in [0.3, 0.4) is 0 Å². The number of carbonyl (C=O) groups is 1. The minimum Gasteiger partial charge on any atom is -0.477 e. The van der Waals surface area contributed by atoms with E-state index < -0.39 is 16.0 Å². The highest BCUT2D eigenvalue weighted by Crippen LogP contribution is 2.29. The van der Waals surface area contributed by atoms with Gasteiger partial charge in [-0.3, -0.25) is 0 Å². The average Bonchev–Trinajstić information content (AvgIpc) is 2.81. The zero-order chi connectivity index (χ0) is 16.5. The molecule has 6 nitrogen and oxygen atoms in total. The Morgan fingerprint density at radius 1 is 1.32 bits per heavy atom. The van der Waals surface area contributed by atoms with E-state index in [1.165, 1.54) is 10.4 Å². The molecule has 8 heteroatoms. The molecular weight excluding hydrogens is 324 g/mol. The number of carboxylic acids is 1. The molecule has 0 radical (unpaired) electrons. The van der Waals surface area contributed by atoms with E-state index in [2.05, 4.69) is 18.7 Å². The Balaban J connectivity index is 2.12. The third-order valence-electron chi connectivity index (χ3n) is 3.64. The molecule has 1 saturated heterocycles. The number of rotatable bonds is 5. The first-order valence-corrected chi connectivity index (χ1v) is 9.53. The fourth-order valence-corrected chi connectivity index (χ4v) is 5.54. The van der Waals surface area contributed by atoms with Crippen molar-refractivity contribution in [2.75, 3.05) is 32.7 Å². The molecule has 124 valence electrons. The number of sulfonamides is 1. The summed E-state index contributed by atoms with van der Waals surface area (Å²) in [5.41, 5.74) is 0.495. The van der Waals surface area contributed by atoms with Crippen molar-refractivity contribution in [3.63, 3.8) is 0 Å². The number of hydrogen-bond acceptors (Lipinski definition) is 5. The summed E-state index contributed by atoms with van der Waals surface area (Å²) in [4.78, 5) is 13.4. The van der Waals surface area contributed by atoms with Crippen LogP contribution >= 0.6 is 11.3 Å². The Labute approximate surface area is 135 Å². The molecule has 0 spiro atoms. The SMILES string of the molecule is Cc1cc(S(=O)(=O)N2CCN(CC(C)C)CC2)sc1C(=O)O. The van der Waals surface area contributed by atoms with E-state index in [9.17, 15) is 13.2 Å². The minimum absolute atomic E-state index is 0.0945. The fraction of sp³-hybridized carbons (Fsp3) is 0.643. The summed E-state index contributed by atoms with van der Waals surface area (Å²) in [6.45, 7) is 9.22. The molecule has 1 N–H and O–H groups in total. The van der Waals surface area contributed by atoms with Gasteiger partial charge >= 0.3 is 5.97 Å². The van der Waals surface area contributed by atoms with Crippen LogP contribution in [0.1, 0.15) is 29.1 Å². The van der Waals surface area contributed by atoms with Crippen LogP contribution in [0, 0.1) is 12.8 Å². The lowest BCUT2D eigenvalue weighted by molar-refractivity contribution is 0.0701. The van der Waals surface area contributed by atoms with Crippen molar-refractivity contribution in [1.82, 2.24) is 9.21 Å². The van der Waals surface area contributed by atoms with E-state index in [1.54, 1.807) is 6.92 Å². The number of aryl methyl sites for hydroxylation is 1. The molecule has 0 bridgehead atoms. The van der Waals surface area contributed by atoms with Crippen molar-refractivity contribution in [1.29, 1.82) is 0 Å². The standard InChI is InChI=1S/C14H22N2O4S2/c1-10(2)9-15-4-6-16(7-5-15)22(19,20)12-8-11(3)13(21-12)14(17)18/h8,10H,4-7,9H2,1-3H3,(H,17,18). The fourth-order valence-electron chi connectivity index (χ4n) is 2.59. The molecule has 0 saturated carbocycles. The monoisotopic (exact) mass is 346 g/mol. The topological polar surface area (TPSA) is 77.9 Å². The molecule has 2 rings (SSSR count). The molecule has 1 aliphatic rings. The summed E-state index contributed by atoms with van der Waals surface area (Å²) in [5.74, 6) is -0.521. The van der Waals surface area contributed by atoms with Crippen LogP contribution < -0.4 is 0 Å². The van der Waals surface area contributed by atoms with E-state index in [1.807, 2.05) is 0 Å². The number of nitrogens with zero attached hydrogens (tertiary/aromatic N) is 2. The van der Waals surface area contributed by atoms with Crippen LogP contribution in [0.25, 0.3) is 0 Å². The molecule has 1 aliphatic heterocycles. The third kappa shape index (κ3) is 3.68. The zero-order valence-electron chi connectivity index (χ0n) is 13.1. The lowest BCUT2D eigenvalue weighted by Crippen LogP contribution is -2.49. The second kappa shape index (κ2) is 6.66. The lowest BCUT2D eigenvalue weighted by Gasteiger charge is -2.34. The summed E-state index contributed by atoms with van der Waals surface area (Å²) >= 11 is 0.837. The number of hydrogen-bond donors (Lipinski definition) is 1. The molecule has 22 heavy (non-hydrogen) atoms. The Kier molecular flexibility index (Phi) is 5.26. The molecule has 2 heterocycles. The molecule has 1 fully saturated rings. The number of piperazine rings is 1. The van der Waals surface area contributed by atoms with Gasteiger partial charge in [0.25, 0.3) is 10.0 Å². The van der Waals surface area contributed by atoms with E-state index in [4.69, 9.17) is 5.11 Å². The number of thiophene rings is 1. The maximum absolute atomic E-state index is 12.6. The van der Waals surface area contributed by atoms with E-state index in [0.717, 1.165) is 17.9 Å². The number of carboxylic acid groups (broad SMARTS) is 1. The Bertz CT molecular complexity index is 644. The highest BCUT2D eigenvalue weighted by atomic mass is 32.2. The van der Waals surface area contributed by atoms with Crippen LogP contribution in [0.5, 0.6) is 0 Å². The molecular formula is C14H22N2O4S2. The first-order chi connectivity index (χ1) is 10.2. The van der Waals surface area contributed by atoms with Crippen molar-refractivity contribution in [2.24, 2.45) is 5.92 Å². The van der Waals surface area contributed by atoms with Gasteiger partial charge in [0.2, 0.25) is 0 Å². The summed E-state index contributed by atoms with van der Waals surface area (Å²) in [5, 5.41) is 9.07. The van der Waals surface area contributed by atoms with Gasteiger partial charge in [-0.15, -0.1) is 11.3 Å². The van der Waals surface area contributed by atoms with Gasteiger partial charge in [-0.2, -0.15) is 4.31 Å². The van der Waals surface area contributed by atoms with Gasteiger partial charge in [0.1, 0.15) is 9.09 Å². The van der Waals surface area contributed by atoms with Crippen LogP contribution in [-0.2, 0) is 10.0 Å². The molecule has 0 unspecified atom stereocenters. The summed E-state index contributed by atoms with van der Waals surface area (Å²) in [7, 11) is -3.59. The predicted molar refractivity (Wildman–Crippen MR) is 86.1 cm³/mol. The van der Waals surface area contributed by atoms with Crippen molar-refractivity contribution in [2.45, 2.75) is 25.0 Å². The maximum atomic E-state index is 12.6. The smallest absolute Gasteiger partial charge is 0.346 e. The largest absolute Gasteiger partial charge is 0.477 e. The quantitative estimate of drug-likeness (QED) is 0.878. The third-order valence-corrected chi connectivity index (χ3v) is 7.21. The van der Waals surface area contributed by atoms with E-state index >= 15 is 0 Å². The van der Waals surface area contributed by atoms with Gasteiger partial charge in [0.15, 0.2) is 0 Å². The van der Waals surface area contributed by atoms with Crippen molar-refractivity contribution >= 4 is 27.3 Å². The summed E-state index contributed by atoms with van der Waals surface area (Å²) in [6, 6.07) is 1.46. The van der Waals surface area contributed by atoms with Crippen LogP contribution in [0.4, 0.5) is 0 Å². The van der Waals surface area contributed by atoms with Crippen LogP contribution in [0.15, 0.2) is 10.3 Å². The highest BCUT2D eigenvalue weighted by Gasteiger charge is 2.31. The van der Waals surface area contributed by atoms with Gasteiger partial charge in [-0.1, -0.05) is 13.8 Å². The second-order valence-corrected chi connectivity index (χ2v) is 9.20. The Hall–Kier alpha value is -0.960. The highest BCUT2D eigenvalue weighted by molar-refractivity contribution is 7.91. The maximum Gasteiger partial charge on any atom is 0.346 e. The lowest BCUT2D eigenvalue weighted by atomic mass is 10.2. The predicted octanol–water partition coefficient (Wildman–Crippen LogP) is 1.72. The molecule has 1 aromatic heterocycles. The van der Waals surface area contributed by atoms with Gasteiger partial charge in [0, 0.05) is 32.7 Å². The summed E-state index contributed by atoms with van der Waals surface area (Å²) in [6.07, 6.45) is 0. The molecule has 0 aromatic carbocycles. The Morgan fingerprint density at radius 2 is 1.91 bits per heavy atom. The number of aromatic carboxylic acids is 1. The van der Waals surface area contributed by atoms with Crippen LogP contribution in [-0.4, -0.2) is 61.4 Å². The normalized spacial score (nSPS) is 18.0. The van der Waals surface area contributed by atoms with Crippen molar-refractivity contribution in [3.05, 3.63) is 16.5 Å². The van der Waals surface area contributed by atoms with Gasteiger partial charge < -0.3 is 10.0 Å². The first-order valence-electron chi connectivity index (χ1n) is 7.28. The zero-order valence-corrected chi connectivity index (χ0v) is 14.7. The average molecular weight is 346 g/mol. The van der Waals surface area contributed by atoms with Crippen LogP contribution in [0.2, 0.25) is 0 Å².